The second-order valence-corrected chi connectivity index (χ2v) is 5.78. The van der Waals surface area contributed by atoms with Crippen molar-refractivity contribution in [1.29, 1.82) is 0 Å². The van der Waals surface area contributed by atoms with Gasteiger partial charge in [-0.15, -0.1) is 0 Å². The smallest absolute Gasteiger partial charge is 0.321 e. The van der Waals surface area contributed by atoms with E-state index in [0.717, 1.165) is 5.69 Å². The Labute approximate surface area is 145 Å². The highest BCUT2D eigenvalue weighted by Gasteiger charge is 2.05. The average Bonchev–Trinajstić information content (AvgIpc) is 2.49. The van der Waals surface area contributed by atoms with Gasteiger partial charge in [-0.05, 0) is 36.4 Å². The summed E-state index contributed by atoms with van der Waals surface area (Å²) in [7, 11) is 3.87. The van der Waals surface area contributed by atoms with E-state index < -0.39 is 0 Å². The second kappa shape index (κ2) is 7.94. The van der Waals surface area contributed by atoms with E-state index in [1.54, 1.807) is 18.2 Å². The molecule has 0 radical (unpaired) electrons. The highest BCUT2D eigenvalue weighted by molar-refractivity contribution is 6.35. The molecule has 2 amide bonds. The summed E-state index contributed by atoms with van der Waals surface area (Å²) < 4.78 is 5.39. The minimum atomic E-state index is -0.369. The van der Waals surface area contributed by atoms with Crippen LogP contribution in [0.5, 0.6) is 5.75 Å². The van der Waals surface area contributed by atoms with Crippen molar-refractivity contribution in [1.82, 2.24) is 5.32 Å². The van der Waals surface area contributed by atoms with Crippen molar-refractivity contribution in [3.05, 3.63) is 52.5 Å². The number of rotatable bonds is 5. The maximum atomic E-state index is 11.9. The Balaban J connectivity index is 1.84. The first-order valence-electron chi connectivity index (χ1n) is 6.86. The SMILES string of the molecule is CN(C)c1cccc(NC(=O)NCOc2ccc(Cl)cc2Cl)c1. The molecule has 0 aliphatic carbocycles. The van der Waals surface area contributed by atoms with E-state index in [2.05, 4.69) is 10.6 Å². The van der Waals surface area contributed by atoms with E-state index in [4.69, 9.17) is 27.9 Å². The van der Waals surface area contributed by atoms with E-state index in [-0.39, 0.29) is 12.8 Å². The van der Waals surface area contributed by atoms with Gasteiger partial charge in [-0.3, -0.25) is 0 Å². The molecule has 7 heteroatoms. The van der Waals surface area contributed by atoms with Crippen LogP contribution in [-0.4, -0.2) is 26.9 Å². The van der Waals surface area contributed by atoms with Gasteiger partial charge in [0.05, 0.1) is 5.02 Å². The molecule has 23 heavy (non-hydrogen) atoms. The van der Waals surface area contributed by atoms with Gasteiger partial charge in [0.25, 0.3) is 0 Å². The van der Waals surface area contributed by atoms with Crippen LogP contribution in [-0.2, 0) is 0 Å². The number of benzene rings is 2. The fourth-order valence-corrected chi connectivity index (χ4v) is 2.27. The highest BCUT2D eigenvalue weighted by atomic mass is 35.5. The van der Waals surface area contributed by atoms with E-state index in [0.29, 0.717) is 21.5 Å². The Bertz CT molecular complexity index is 693. The van der Waals surface area contributed by atoms with Crippen molar-refractivity contribution in [3.8, 4) is 5.75 Å². The number of hydrogen-bond donors (Lipinski definition) is 2. The summed E-state index contributed by atoms with van der Waals surface area (Å²) in [6, 6.07) is 12.0. The molecule has 0 aromatic heterocycles. The molecule has 0 heterocycles. The van der Waals surface area contributed by atoms with Crippen LogP contribution in [0.15, 0.2) is 42.5 Å². The molecule has 0 aliphatic heterocycles. The Hall–Kier alpha value is -2.11. The van der Waals surface area contributed by atoms with Crippen molar-refractivity contribution < 1.29 is 9.53 Å². The summed E-state index contributed by atoms with van der Waals surface area (Å²) >= 11 is 11.8. The summed E-state index contributed by atoms with van der Waals surface area (Å²) in [4.78, 5) is 13.8. The summed E-state index contributed by atoms with van der Waals surface area (Å²) in [5, 5.41) is 6.24. The maximum Gasteiger partial charge on any atom is 0.321 e. The number of amides is 2. The van der Waals surface area contributed by atoms with Gasteiger partial charge >= 0.3 is 6.03 Å². The summed E-state index contributed by atoms with van der Waals surface area (Å²) in [6.07, 6.45) is 0. The van der Waals surface area contributed by atoms with E-state index >= 15 is 0 Å². The number of hydrogen-bond acceptors (Lipinski definition) is 3. The lowest BCUT2D eigenvalue weighted by molar-refractivity contribution is 0.234. The number of urea groups is 1. The number of carbonyl (C=O) groups excluding carboxylic acids is 1. The first-order valence-corrected chi connectivity index (χ1v) is 7.61. The Kier molecular flexibility index (Phi) is 5.96. The molecule has 2 rings (SSSR count). The van der Waals surface area contributed by atoms with Crippen LogP contribution in [0.3, 0.4) is 0 Å². The molecular weight excluding hydrogens is 337 g/mol. The predicted octanol–water partition coefficient (Wildman–Crippen LogP) is 4.22. The van der Waals surface area contributed by atoms with E-state index in [9.17, 15) is 4.79 Å². The van der Waals surface area contributed by atoms with Crippen molar-refractivity contribution in [2.45, 2.75) is 0 Å². The lowest BCUT2D eigenvalue weighted by atomic mass is 10.2. The zero-order chi connectivity index (χ0) is 16.8. The van der Waals surface area contributed by atoms with Gasteiger partial charge in [0.15, 0.2) is 6.73 Å². The van der Waals surface area contributed by atoms with Crippen LogP contribution in [0.2, 0.25) is 10.0 Å². The molecule has 0 bridgehead atoms. The van der Waals surface area contributed by atoms with Gasteiger partial charge in [0.1, 0.15) is 5.75 Å². The summed E-state index contributed by atoms with van der Waals surface area (Å²) in [5.74, 6) is 0.450. The van der Waals surface area contributed by atoms with Gasteiger partial charge in [-0.25, -0.2) is 4.79 Å². The second-order valence-electron chi connectivity index (χ2n) is 4.94. The van der Waals surface area contributed by atoms with Crippen LogP contribution in [0.25, 0.3) is 0 Å². The molecule has 0 unspecified atom stereocenters. The lowest BCUT2D eigenvalue weighted by Crippen LogP contribution is -2.32. The molecule has 0 fully saturated rings. The van der Waals surface area contributed by atoms with Gasteiger partial charge in [-0.1, -0.05) is 29.3 Å². The molecule has 2 aromatic rings. The number of anilines is 2. The number of nitrogens with zero attached hydrogens (tertiary/aromatic N) is 1. The number of ether oxygens (including phenoxy) is 1. The van der Waals surface area contributed by atoms with Gasteiger partial charge in [-0.2, -0.15) is 0 Å². The van der Waals surface area contributed by atoms with Gasteiger partial charge in [0.2, 0.25) is 0 Å². The Morgan fingerprint density at radius 2 is 1.96 bits per heavy atom. The van der Waals surface area contributed by atoms with Crippen LogP contribution >= 0.6 is 23.2 Å². The lowest BCUT2D eigenvalue weighted by Gasteiger charge is -2.14. The highest BCUT2D eigenvalue weighted by Crippen LogP contribution is 2.27. The zero-order valence-electron chi connectivity index (χ0n) is 12.8. The van der Waals surface area contributed by atoms with Crippen molar-refractivity contribution in [3.63, 3.8) is 0 Å². The summed E-state index contributed by atoms with van der Waals surface area (Å²) in [6.45, 7) is -0.0133. The Morgan fingerprint density at radius 1 is 1.17 bits per heavy atom. The third kappa shape index (κ3) is 5.23. The number of halogens is 2. The predicted molar refractivity (Wildman–Crippen MR) is 94.9 cm³/mol. The minimum absolute atomic E-state index is 0.0133. The molecule has 0 spiro atoms. The van der Waals surface area contributed by atoms with Gasteiger partial charge < -0.3 is 20.3 Å². The monoisotopic (exact) mass is 353 g/mol. The summed E-state index contributed by atoms with van der Waals surface area (Å²) in [5.41, 5.74) is 1.69. The zero-order valence-corrected chi connectivity index (χ0v) is 14.3. The van der Waals surface area contributed by atoms with Crippen LogP contribution < -0.4 is 20.3 Å². The standard InChI is InChI=1S/C16H17Cl2N3O2/c1-21(2)13-5-3-4-12(9-13)20-16(22)19-10-23-15-7-6-11(17)8-14(15)18/h3-9H,10H2,1-2H3,(H2,19,20,22). The largest absolute Gasteiger partial charge is 0.472 e. The molecular formula is C16H17Cl2N3O2. The first-order chi connectivity index (χ1) is 11.0. The third-order valence-electron chi connectivity index (χ3n) is 2.97. The molecule has 2 aromatic carbocycles. The minimum Gasteiger partial charge on any atom is -0.472 e. The Morgan fingerprint density at radius 3 is 2.65 bits per heavy atom. The average molecular weight is 354 g/mol. The fraction of sp³-hybridized carbons (Fsp3) is 0.188. The fourth-order valence-electron chi connectivity index (χ4n) is 1.81. The first kappa shape index (κ1) is 17.2. The maximum absolute atomic E-state index is 11.9. The van der Waals surface area contributed by atoms with E-state index in [1.807, 2.05) is 43.3 Å². The third-order valence-corrected chi connectivity index (χ3v) is 3.51. The normalized spacial score (nSPS) is 10.1. The molecule has 122 valence electrons. The number of carbonyl (C=O) groups is 1. The quantitative estimate of drug-likeness (QED) is 0.791. The molecule has 0 aliphatic rings. The van der Waals surface area contributed by atoms with Crippen molar-refractivity contribution >= 4 is 40.6 Å². The van der Waals surface area contributed by atoms with Crippen LogP contribution in [0.1, 0.15) is 0 Å². The number of nitrogens with one attached hydrogen (secondary N) is 2. The molecule has 2 N–H and O–H groups in total. The molecule has 0 saturated heterocycles. The van der Waals surface area contributed by atoms with Crippen molar-refractivity contribution in [2.75, 3.05) is 31.0 Å². The topological polar surface area (TPSA) is 53.6 Å². The molecule has 0 saturated carbocycles. The van der Waals surface area contributed by atoms with Gasteiger partial charge in [0, 0.05) is 30.5 Å². The van der Waals surface area contributed by atoms with E-state index in [1.165, 1.54) is 0 Å². The van der Waals surface area contributed by atoms with Crippen LogP contribution in [0, 0.1) is 0 Å². The van der Waals surface area contributed by atoms with Crippen LogP contribution in [0.4, 0.5) is 16.2 Å². The molecule has 0 atom stereocenters. The molecule has 5 nitrogen and oxygen atoms in total. The van der Waals surface area contributed by atoms with Crippen molar-refractivity contribution in [2.24, 2.45) is 0 Å².